The van der Waals surface area contributed by atoms with Gasteiger partial charge in [0.15, 0.2) is 0 Å². The van der Waals surface area contributed by atoms with Gasteiger partial charge in [-0.15, -0.1) is 0 Å². The topological polar surface area (TPSA) is 12.0 Å². The average Bonchev–Trinajstić information content (AvgIpc) is 2.64. The van der Waals surface area contributed by atoms with E-state index in [1.165, 1.54) is 40.8 Å². The molecule has 1 aliphatic carbocycles. The van der Waals surface area contributed by atoms with Gasteiger partial charge >= 0.3 is 0 Å². The highest BCUT2D eigenvalue weighted by atomic mass is 15.0. The van der Waals surface area contributed by atoms with E-state index in [0.29, 0.717) is 6.04 Å². The van der Waals surface area contributed by atoms with Gasteiger partial charge in [-0.1, -0.05) is 42.5 Å². The van der Waals surface area contributed by atoms with Gasteiger partial charge in [0, 0.05) is 6.04 Å². The van der Waals surface area contributed by atoms with Crippen molar-refractivity contribution in [1.82, 2.24) is 5.32 Å². The second-order valence-corrected chi connectivity index (χ2v) is 5.05. The second kappa shape index (κ2) is 3.44. The molecule has 0 radical (unpaired) electrons. The van der Waals surface area contributed by atoms with E-state index >= 15 is 0 Å². The molecule has 84 valence electrons. The number of hydrogen-bond donors (Lipinski definition) is 1. The van der Waals surface area contributed by atoms with Crippen LogP contribution in [0.5, 0.6) is 0 Å². The third-order valence-corrected chi connectivity index (χ3v) is 4.04. The van der Waals surface area contributed by atoms with Crippen molar-refractivity contribution in [2.45, 2.75) is 18.9 Å². The van der Waals surface area contributed by atoms with Gasteiger partial charge in [-0.2, -0.15) is 0 Å². The molecule has 0 aromatic heterocycles. The van der Waals surface area contributed by atoms with Crippen molar-refractivity contribution in [3.63, 3.8) is 0 Å². The van der Waals surface area contributed by atoms with Crippen LogP contribution >= 0.6 is 0 Å². The molecule has 17 heavy (non-hydrogen) atoms. The number of rotatable bonds is 1. The molecule has 1 aliphatic heterocycles. The maximum absolute atomic E-state index is 3.47. The molecule has 1 nitrogen and oxygen atoms in total. The smallest absolute Gasteiger partial charge is 0.0332 e. The first-order chi connectivity index (χ1) is 8.42. The first-order valence-corrected chi connectivity index (χ1v) is 6.36. The van der Waals surface area contributed by atoms with Gasteiger partial charge in [-0.05, 0) is 47.2 Å². The van der Waals surface area contributed by atoms with E-state index in [-0.39, 0.29) is 0 Å². The summed E-state index contributed by atoms with van der Waals surface area (Å²) < 4.78 is 0. The Labute approximate surface area is 101 Å². The molecule has 2 aliphatic rings. The van der Waals surface area contributed by atoms with E-state index in [1.54, 1.807) is 0 Å². The lowest BCUT2D eigenvalue weighted by Crippen LogP contribution is -2.34. The molecule has 0 amide bonds. The third kappa shape index (κ3) is 1.36. The van der Waals surface area contributed by atoms with Crippen molar-refractivity contribution < 1.29 is 0 Å². The molecular weight excluding hydrogens is 206 g/mol. The highest BCUT2D eigenvalue weighted by molar-refractivity contribution is 5.77. The van der Waals surface area contributed by atoms with Crippen LogP contribution in [-0.2, 0) is 6.42 Å². The molecule has 2 aromatic carbocycles. The summed E-state index contributed by atoms with van der Waals surface area (Å²) in [4.78, 5) is 0. The zero-order chi connectivity index (χ0) is 11.2. The maximum atomic E-state index is 3.47. The van der Waals surface area contributed by atoms with Crippen LogP contribution in [0.4, 0.5) is 0 Å². The van der Waals surface area contributed by atoms with E-state index in [2.05, 4.69) is 47.8 Å². The van der Waals surface area contributed by atoms with Crippen LogP contribution in [0.25, 0.3) is 11.1 Å². The normalized spacial score (nSPS) is 20.6. The lowest BCUT2D eigenvalue weighted by Gasteiger charge is -2.28. The fourth-order valence-corrected chi connectivity index (χ4v) is 2.95. The van der Waals surface area contributed by atoms with Gasteiger partial charge in [-0.3, -0.25) is 0 Å². The molecule has 0 bridgehead atoms. The minimum absolute atomic E-state index is 0.601. The minimum atomic E-state index is 0.601. The van der Waals surface area contributed by atoms with E-state index < -0.39 is 0 Å². The Morgan fingerprint density at radius 3 is 2.59 bits per heavy atom. The largest absolute Gasteiger partial charge is 0.310 e. The molecule has 1 heteroatoms. The highest BCUT2D eigenvalue weighted by Crippen LogP contribution is 2.38. The molecule has 1 atom stereocenters. The van der Waals surface area contributed by atoms with Gasteiger partial charge in [0.1, 0.15) is 0 Å². The van der Waals surface area contributed by atoms with Crippen LogP contribution in [0.1, 0.15) is 29.2 Å². The minimum Gasteiger partial charge on any atom is -0.310 e. The SMILES string of the molecule is c1ccc2c(c1)Cc1cc([C@H]3CCN3)ccc1-2. The van der Waals surface area contributed by atoms with Gasteiger partial charge < -0.3 is 5.32 Å². The van der Waals surface area contributed by atoms with Gasteiger partial charge in [0.25, 0.3) is 0 Å². The van der Waals surface area contributed by atoms with Gasteiger partial charge in [0.2, 0.25) is 0 Å². The van der Waals surface area contributed by atoms with Crippen LogP contribution in [0.2, 0.25) is 0 Å². The van der Waals surface area contributed by atoms with Crippen LogP contribution in [0.3, 0.4) is 0 Å². The van der Waals surface area contributed by atoms with E-state index in [9.17, 15) is 0 Å². The summed E-state index contributed by atoms with van der Waals surface area (Å²) in [6.45, 7) is 1.17. The number of nitrogens with one attached hydrogen (secondary N) is 1. The highest BCUT2D eigenvalue weighted by Gasteiger charge is 2.22. The first-order valence-electron chi connectivity index (χ1n) is 6.36. The Hall–Kier alpha value is -1.60. The lowest BCUT2D eigenvalue weighted by molar-refractivity contribution is 0.383. The Kier molecular flexibility index (Phi) is 1.91. The summed E-state index contributed by atoms with van der Waals surface area (Å²) in [5, 5.41) is 3.47. The summed E-state index contributed by atoms with van der Waals surface area (Å²) in [6.07, 6.45) is 2.39. The van der Waals surface area contributed by atoms with Crippen molar-refractivity contribution >= 4 is 0 Å². The summed E-state index contributed by atoms with van der Waals surface area (Å²) in [6, 6.07) is 16.3. The molecule has 1 N–H and O–H groups in total. The summed E-state index contributed by atoms with van der Waals surface area (Å²) in [5.41, 5.74) is 7.29. The molecule has 4 rings (SSSR count). The lowest BCUT2D eigenvalue weighted by atomic mass is 9.94. The molecule has 1 heterocycles. The third-order valence-electron chi connectivity index (χ3n) is 4.04. The van der Waals surface area contributed by atoms with Gasteiger partial charge in [-0.25, -0.2) is 0 Å². The maximum Gasteiger partial charge on any atom is 0.0332 e. The Morgan fingerprint density at radius 1 is 0.941 bits per heavy atom. The Morgan fingerprint density at radius 2 is 1.76 bits per heavy atom. The standard InChI is InChI=1S/C16H15N/c1-2-4-14-11(3-1)9-13-10-12(5-6-15(13)14)16-7-8-17-16/h1-6,10,16-17H,7-9H2/t16-/m1/s1. The van der Waals surface area contributed by atoms with Crippen molar-refractivity contribution in [3.8, 4) is 11.1 Å². The van der Waals surface area contributed by atoms with Crippen molar-refractivity contribution in [2.24, 2.45) is 0 Å². The molecule has 1 fully saturated rings. The van der Waals surface area contributed by atoms with Crippen LogP contribution < -0.4 is 5.32 Å². The van der Waals surface area contributed by atoms with Crippen molar-refractivity contribution in [3.05, 3.63) is 59.2 Å². The van der Waals surface area contributed by atoms with Crippen molar-refractivity contribution in [2.75, 3.05) is 6.54 Å². The Bertz CT molecular complexity index is 582. The first kappa shape index (κ1) is 9.43. The average molecular weight is 221 g/mol. The molecule has 2 aromatic rings. The van der Waals surface area contributed by atoms with Crippen LogP contribution in [0, 0.1) is 0 Å². The fourth-order valence-electron chi connectivity index (χ4n) is 2.95. The Balaban J connectivity index is 1.80. The summed E-state index contributed by atoms with van der Waals surface area (Å²) in [7, 11) is 0. The number of fused-ring (bicyclic) bond motifs is 3. The molecular formula is C16H15N. The zero-order valence-corrected chi connectivity index (χ0v) is 9.74. The van der Waals surface area contributed by atoms with Gasteiger partial charge in [0.05, 0.1) is 0 Å². The van der Waals surface area contributed by atoms with E-state index in [0.717, 1.165) is 6.42 Å². The van der Waals surface area contributed by atoms with Crippen LogP contribution in [-0.4, -0.2) is 6.54 Å². The molecule has 1 saturated heterocycles. The molecule has 0 saturated carbocycles. The quantitative estimate of drug-likeness (QED) is 0.665. The van der Waals surface area contributed by atoms with Crippen LogP contribution in [0.15, 0.2) is 42.5 Å². The van der Waals surface area contributed by atoms with E-state index in [4.69, 9.17) is 0 Å². The van der Waals surface area contributed by atoms with E-state index in [1.807, 2.05) is 0 Å². The number of benzene rings is 2. The predicted octanol–water partition coefficient (Wildman–Crippen LogP) is 3.29. The summed E-state index contributed by atoms with van der Waals surface area (Å²) in [5.74, 6) is 0. The molecule has 0 unspecified atom stereocenters. The zero-order valence-electron chi connectivity index (χ0n) is 9.74. The fraction of sp³-hybridized carbons (Fsp3) is 0.250. The molecule has 0 spiro atoms. The monoisotopic (exact) mass is 221 g/mol. The second-order valence-electron chi connectivity index (χ2n) is 5.05. The van der Waals surface area contributed by atoms with Crippen molar-refractivity contribution in [1.29, 1.82) is 0 Å². The number of hydrogen-bond acceptors (Lipinski definition) is 1. The predicted molar refractivity (Wildman–Crippen MR) is 70.0 cm³/mol. The summed E-state index contributed by atoms with van der Waals surface area (Å²) >= 11 is 0.